The van der Waals surface area contributed by atoms with Gasteiger partial charge in [0.25, 0.3) is 5.91 Å². The van der Waals surface area contributed by atoms with Crippen LogP contribution in [0.3, 0.4) is 0 Å². The molecule has 1 aliphatic heterocycles. The second-order valence-electron chi connectivity index (χ2n) is 13.4. The number of piperidine rings is 1. The molecule has 0 aromatic heterocycles. The minimum Gasteiger partial charge on any atom is -0.449 e. The average molecular weight is 567 g/mol. The smallest absolute Gasteiger partial charge is 0.407 e. The highest BCUT2D eigenvalue weighted by molar-refractivity contribution is 6.37. The van der Waals surface area contributed by atoms with Gasteiger partial charge in [-0.25, -0.2) is 4.79 Å². The lowest BCUT2D eigenvalue weighted by atomic mass is 9.93. The molecule has 5 rings (SSSR count). The largest absolute Gasteiger partial charge is 0.449 e. The molecule has 4 amide bonds. The number of carbonyl (C=O) groups is 5. The van der Waals surface area contributed by atoms with Crippen molar-refractivity contribution in [2.24, 2.45) is 40.7 Å². The summed E-state index contributed by atoms with van der Waals surface area (Å²) in [6.07, 6.45) is 2.82. The number of carbonyl (C=O) groups excluding carboxylic acids is 5. The molecule has 4 aliphatic rings. The van der Waals surface area contributed by atoms with Crippen molar-refractivity contribution in [3.63, 3.8) is 0 Å². The van der Waals surface area contributed by atoms with Crippen LogP contribution in [0.15, 0.2) is 24.3 Å². The first-order valence-electron chi connectivity index (χ1n) is 14.8. The molecule has 1 heterocycles. The van der Waals surface area contributed by atoms with E-state index in [1.54, 1.807) is 4.90 Å². The Balaban J connectivity index is 1.38. The number of alkyl carbamates (subject to hydrolysis) is 1. The van der Waals surface area contributed by atoms with Crippen molar-refractivity contribution in [3.8, 4) is 0 Å². The Hall–Kier alpha value is -3.43. The Morgan fingerprint density at radius 1 is 1.05 bits per heavy atom. The summed E-state index contributed by atoms with van der Waals surface area (Å²) in [7, 11) is 0. The molecule has 1 aromatic rings. The molecule has 0 spiro atoms. The fraction of sp³-hybridized carbons (Fsp3) is 0.645. The molecule has 222 valence electrons. The van der Waals surface area contributed by atoms with Crippen LogP contribution in [0.4, 0.5) is 4.79 Å². The number of primary amides is 1. The summed E-state index contributed by atoms with van der Waals surface area (Å²) in [5.74, 6) is -2.44. The Kier molecular flexibility index (Phi) is 7.87. The van der Waals surface area contributed by atoms with Gasteiger partial charge in [0.2, 0.25) is 17.6 Å². The number of nitrogens with zero attached hydrogens (tertiary/aromatic N) is 1. The molecule has 41 heavy (non-hydrogen) atoms. The van der Waals surface area contributed by atoms with Crippen molar-refractivity contribution < 1.29 is 28.7 Å². The molecule has 4 unspecified atom stereocenters. The van der Waals surface area contributed by atoms with Gasteiger partial charge >= 0.3 is 6.09 Å². The van der Waals surface area contributed by atoms with Crippen molar-refractivity contribution in [3.05, 3.63) is 35.4 Å². The van der Waals surface area contributed by atoms with Gasteiger partial charge in [0, 0.05) is 6.54 Å². The van der Waals surface area contributed by atoms with Gasteiger partial charge in [-0.2, -0.15) is 0 Å². The number of Topliss-reactive ketones (excluding diaryl/α,β-unsaturated/α-hetero) is 1. The van der Waals surface area contributed by atoms with Crippen LogP contribution in [0.2, 0.25) is 0 Å². The van der Waals surface area contributed by atoms with Crippen LogP contribution in [-0.4, -0.2) is 65.8 Å². The van der Waals surface area contributed by atoms with Gasteiger partial charge in [0.15, 0.2) is 0 Å². The number of nitrogens with one attached hydrogen (secondary N) is 2. The van der Waals surface area contributed by atoms with E-state index in [4.69, 9.17) is 10.5 Å². The van der Waals surface area contributed by atoms with E-state index in [0.717, 1.165) is 24.0 Å². The van der Waals surface area contributed by atoms with Crippen LogP contribution in [0.5, 0.6) is 0 Å². The molecule has 3 aliphatic carbocycles. The lowest BCUT2D eigenvalue weighted by Crippen LogP contribution is -2.59. The molecular weight excluding hydrogens is 524 g/mol. The van der Waals surface area contributed by atoms with Crippen LogP contribution in [0.25, 0.3) is 0 Å². The van der Waals surface area contributed by atoms with Gasteiger partial charge in [-0.3, -0.25) is 19.2 Å². The molecular formula is C31H42N4O6. The minimum absolute atomic E-state index is 0.0916. The third-order valence-corrected chi connectivity index (χ3v) is 9.54. The highest BCUT2D eigenvalue weighted by atomic mass is 16.5. The van der Waals surface area contributed by atoms with Crippen LogP contribution >= 0.6 is 0 Å². The van der Waals surface area contributed by atoms with Crippen LogP contribution in [0, 0.1) is 35.0 Å². The number of likely N-dealkylation sites (tertiary alicyclic amines) is 1. The third-order valence-electron chi connectivity index (χ3n) is 9.54. The number of benzene rings is 1. The fourth-order valence-corrected chi connectivity index (χ4v) is 6.96. The first-order chi connectivity index (χ1) is 19.4. The number of nitrogens with two attached hydrogens (primary N) is 1. The summed E-state index contributed by atoms with van der Waals surface area (Å²) >= 11 is 0. The second-order valence-corrected chi connectivity index (χ2v) is 13.4. The van der Waals surface area contributed by atoms with E-state index < -0.39 is 41.8 Å². The van der Waals surface area contributed by atoms with Gasteiger partial charge in [-0.15, -0.1) is 0 Å². The van der Waals surface area contributed by atoms with Crippen LogP contribution < -0.4 is 16.4 Å². The quantitative estimate of drug-likeness (QED) is 0.349. The number of ketones is 1. The molecule has 3 fully saturated rings. The van der Waals surface area contributed by atoms with Gasteiger partial charge in [0.1, 0.15) is 12.1 Å². The zero-order valence-corrected chi connectivity index (χ0v) is 24.4. The van der Waals surface area contributed by atoms with Crippen molar-refractivity contribution in [1.82, 2.24) is 15.5 Å². The lowest BCUT2D eigenvalue weighted by Gasteiger charge is -2.35. The Labute approximate surface area is 241 Å². The fourth-order valence-electron chi connectivity index (χ4n) is 6.96. The van der Waals surface area contributed by atoms with Crippen molar-refractivity contribution in [2.45, 2.75) is 77.9 Å². The lowest BCUT2D eigenvalue weighted by molar-refractivity contribution is -0.144. The number of amides is 4. The number of ether oxygens (including phenoxy) is 1. The molecule has 0 bridgehead atoms. The Morgan fingerprint density at radius 3 is 2.24 bits per heavy atom. The topological polar surface area (TPSA) is 148 Å². The molecule has 0 radical (unpaired) electrons. The summed E-state index contributed by atoms with van der Waals surface area (Å²) in [6.45, 7) is 8.63. The highest BCUT2D eigenvalue weighted by Crippen LogP contribution is 2.65. The Morgan fingerprint density at radius 2 is 1.68 bits per heavy atom. The van der Waals surface area contributed by atoms with E-state index in [-0.39, 0.29) is 47.5 Å². The van der Waals surface area contributed by atoms with Gasteiger partial charge in [0.05, 0.1) is 12.6 Å². The van der Waals surface area contributed by atoms with Crippen LogP contribution in [-0.2, 0) is 36.8 Å². The second kappa shape index (κ2) is 11.1. The van der Waals surface area contributed by atoms with Crippen molar-refractivity contribution in [1.29, 1.82) is 0 Å². The van der Waals surface area contributed by atoms with Gasteiger partial charge in [-0.1, -0.05) is 64.8 Å². The summed E-state index contributed by atoms with van der Waals surface area (Å²) < 4.78 is 5.38. The SMILES string of the molecule is CC(C)COC(=O)N[C@H](C(=O)N1CC2C(C1C(=O)NC(CC1CC1)C(=O)C(N)=O)C2(C)C)C1Cc2ccccc2C1. The summed E-state index contributed by atoms with van der Waals surface area (Å²) in [5.41, 5.74) is 7.42. The Bertz CT molecular complexity index is 1220. The first-order valence-corrected chi connectivity index (χ1v) is 14.8. The first kappa shape index (κ1) is 29.1. The molecule has 10 nitrogen and oxygen atoms in total. The normalized spacial score (nSPS) is 25.6. The van der Waals surface area contributed by atoms with Gasteiger partial charge < -0.3 is 26.0 Å². The molecule has 10 heteroatoms. The predicted molar refractivity (Wildman–Crippen MR) is 150 cm³/mol. The maximum absolute atomic E-state index is 14.3. The minimum atomic E-state index is -1.08. The van der Waals surface area contributed by atoms with E-state index in [1.165, 1.54) is 0 Å². The van der Waals surface area contributed by atoms with Crippen molar-refractivity contribution in [2.75, 3.05) is 13.2 Å². The maximum atomic E-state index is 14.3. The molecule has 1 aromatic carbocycles. The molecule has 5 atom stereocenters. The molecule has 1 saturated heterocycles. The predicted octanol–water partition coefficient (Wildman–Crippen LogP) is 1.97. The number of hydrogen-bond donors (Lipinski definition) is 3. The monoisotopic (exact) mass is 566 g/mol. The summed E-state index contributed by atoms with van der Waals surface area (Å²) in [6, 6.07) is 5.29. The number of rotatable bonds is 11. The van der Waals surface area contributed by atoms with E-state index >= 15 is 0 Å². The maximum Gasteiger partial charge on any atom is 0.407 e. The van der Waals surface area contributed by atoms with E-state index in [2.05, 4.69) is 24.5 Å². The molecule has 4 N–H and O–H groups in total. The summed E-state index contributed by atoms with van der Waals surface area (Å²) in [5, 5.41) is 5.64. The van der Waals surface area contributed by atoms with E-state index in [1.807, 2.05) is 38.1 Å². The number of hydrogen-bond acceptors (Lipinski definition) is 6. The third kappa shape index (κ3) is 5.97. The number of fused-ring (bicyclic) bond motifs is 2. The average Bonchev–Trinajstić information content (AvgIpc) is 3.67. The van der Waals surface area contributed by atoms with E-state index in [9.17, 15) is 24.0 Å². The summed E-state index contributed by atoms with van der Waals surface area (Å²) in [4.78, 5) is 66.8. The highest BCUT2D eigenvalue weighted by Gasteiger charge is 2.69. The zero-order valence-electron chi connectivity index (χ0n) is 24.4. The van der Waals surface area contributed by atoms with Crippen LogP contribution in [0.1, 0.15) is 58.1 Å². The van der Waals surface area contributed by atoms with E-state index in [0.29, 0.717) is 25.8 Å². The molecule has 2 saturated carbocycles. The van der Waals surface area contributed by atoms with Gasteiger partial charge in [-0.05, 0) is 65.4 Å². The standard InChI is InChI=1S/C31H42N4O6/c1-16(2)15-41-30(40)34-24(20-12-18-7-5-6-8-19(18)13-20)29(39)35-14-21-23(31(21,3)4)25(35)28(38)33-22(11-17-9-10-17)26(36)27(32)37/h5-8,16-17,20-25H,9-15H2,1-4H3,(H2,32,37)(H,33,38)(H,34,40)/t21?,22?,23?,24-,25?/m0/s1. The van der Waals surface area contributed by atoms with Crippen molar-refractivity contribution >= 4 is 29.6 Å². The zero-order chi connectivity index (χ0) is 29.6.